The first-order chi connectivity index (χ1) is 15.2. The third-order valence-electron chi connectivity index (χ3n) is 5.45. The number of piperazine rings is 1. The Kier molecular flexibility index (Phi) is 5.17. The molecule has 0 saturated carbocycles. The van der Waals surface area contributed by atoms with Gasteiger partial charge in [0.05, 0.1) is 13.7 Å². The number of nitrogens with zero attached hydrogens (tertiary/aromatic N) is 4. The molecule has 0 N–H and O–H groups in total. The average molecular weight is 422 g/mol. The van der Waals surface area contributed by atoms with Gasteiger partial charge in [-0.25, -0.2) is 0 Å². The van der Waals surface area contributed by atoms with E-state index in [2.05, 4.69) is 15.0 Å². The minimum absolute atomic E-state index is 0.000645. The second-order valence-electron chi connectivity index (χ2n) is 7.38. The van der Waals surface area contributed by atoms with Gasteiger partial charge in [-0.2, -0.15) is 4.98 Å². The highest BCUT2D eigenvalue weighted by molar-refractivity contribution is 5.95. The van der Waals surface area contributed by atoms with Crippen molar-refractivity contribution in [2.75, 3.05) is 40.1 Å². The molecule has 2 aromatic carbocycles. The zero-order valence-electron chi connectivity index (χ0n) is 17.1. The maximum absolute atomic E-state index is 12.8. The molecule has 9 heteroatoms. The minimum atomic E-state index is -0.000645. The molecule has 160 valence electrons. The highest BCUT2D eigenvalue weighted by atomic mass is 16.7. The summed E-state index contributed by atoms with van der Waals surface area (Å²) in [5.74, 6) is 3.18. The summed E-state index contributed by atoms with van der Waals surface area (Å²) in [4.78, 5) is 21.4. The highest BCUT2D eigenvalue weighted by Gasteiger charge is 2.25. The Bertz CT molecular complexity index is 1070. The fourth-order valence-corrected chi connectivity index (χ4v) is 3.69. The molecule has 2 aliphatic rings. The molecule has 9 nitrogen and oxygen atoms in total. The summed E-state index contributed by atoms with van der Waals surface area (Å²) < 4.78 is 21.3. The molecule has 0 radical (unpaired) electrons. The normalized spacial score (nSPS) is 15.8. The van der Waals surface area contributed by atoms with Crippen LogP contribution in [0.15, 0.2) is 47.0 Å². The number of methoxy groups -OCH3 is 1. The molecule has 3 aromatic rings. The Labute approximate surface area is 179 Å². The summed E-state index contributed by atoms with van der Waals surface area (Å²) in [6, 6.07) is 12.8. The number of hydrogen-bond acceptors (Lipinski definition) is 8. The van der Waals surface area contributed by atoms with Crippen LogP contribution in [-0.2, 0) is 6.54 Å². The maximum atomic E-state index is 12.8. The Morgan fingerprint density at radius 2 is 1.81 bits per heavy atom. The standard InChI is InChI=1S/C22H22N4O5/c1-28-17-5-2-15(3-6-17)21-23-20(24-31-21)13-25-8-10-26(11-9-25)22(27)16-4-7-18-19(12-16)30-14-29-18/h2-7,12H,8-11,13-14H2,1H3. The first-order valence-corrected chi connectivity index (χ1v) is 10.1. The second kappa shape index (κ2) is 8.27. The lowest BCUT2D eigenvalue weighted by Crippen LogP contribution is -2.48. The van der Waals surface area contributed by atoms with E-state index in [-0.39, 0.29) is 12.7 Å². The number of aromatic nitrogens is 2. The predicted octanol–water partition coefficient (Wildman–Crippen LogP) is 2.43. The van der Waals surface area contributed by atoms with E-state index in [0.29, 0.717) is 48.4 Å². The van der Waals surface area contributed by atoms with Crippen molar-refractivity contribution in [2.45, 2.75) is 6.54 Å². The number of amides is 1. The van der Waals surface area contributed by atoms with Crippen molar-refractivity contribution >= 4 is 5.91 Å². The molecule has 2 aliphatic heterocycles. The molecule has 0 atom stereocenters. The van der Waals surface area contributed by atoms with Crippen LogP contribution in [0.1, 0.15) is 16.2 Å². The van der Waals surface area contributed by atoms with Gasteiger partial charge in [0.2, 0.25) is 6.79 Å². The summed E-state index contributed by atoms with van der Waals surface area (Å²) in [5, 5.41) is 4.10. The van der Waals surface area contributed by atoms with E-state index in [1.165, 1.54) is 0 Å². The van der Waals surface area contributed by atoms with Crippen LogP contribution >= 0.6 is 0 Å². The first kappa shape index (κ1) is 19.4. The van der Waals surface area contributed by atoms with Gasteiger partial charge < -0.3 is 23.6 Å². The van der Waals surface area contributed by atoms with Gasteiger partial charge in [0.25, 0.3) is 11.8 Å². The molecule has 5 rings (SSSR count). The number of hydrogen-bond donors (Lipinski definition) is 0. The summed E-state index contributed by atoms with van der Waals surface area (Å²) >= 11 is 0. The molecule has 31 heavy (non-hydrogen) atoms. The van der Waals surface area contributed by atoms with Gasteiger partial charge >= 0.3 is 0 Å². The van der Waals surface area contributed by atoms with Crippen LogP contribution in [0.4, 0.5) is 0 Å². The third-order valence-corrected chi connectivity index (χ3v) is 5.45. The maximum Gasteiger partial charge on any atom is 0.257 e. The van der Waals surface area contributed by atoms with Gasteiger partial charge in [-0.1, -0.05) is 5.16 Å². The van der Waals surface area contributed by atoms with E-state index in [9.17, 15) is 4.79 Å². The second-order valence-corrected chi connectivity index (χ2v) is 7.38. The summed E-state index contributed by atoms with van der Waals surface area (Å²) in [5.41, 5.74) is 1.46. The van der Waals surface area contributed by atoms with E-state index >= 15 is 0 Å². The molecular formula is C22H22N4O5. The molecular weight excluding hydrogens is 400 g/mol. The average Bonchev–Trinajstić information content (AvgIpc) is 3.48. The molecule has 1 saturated heterocycles. The predicted molar refractivity (Wildman–Crippen MR) is 110 cm³/mol. The summed E-state index contributed by atoms with van der Waals surface area (Å²) in [6.45, 7) is 3.52. The Morgan fingerprint density at radius 3 is 2.58 bits per heavy atom. The van der Waals surface area contributed by atoms with E-state index < -0.39 is 0 Å². The van der Waals surface area contributed by atoms with Crippen LogP contribution in [0.3, 0.4) is 0 Å². The molecule has 1 amide bonds. The lowest BCUT2D eigenvalue weighted by Gasteiger charge is -2.34. The van der Waals surface area contributed by atoms with Crippen LogP contribution in [0.2, 0.25) is 0 Å². The molecule has 0 unspecified atom stereocenters. The fourth-order valence-electron chi connectivity index (χ4n) is 3.69. The van der Waals surface area contributed by atoms with Crippen molar-refractivity contribution in [3.05, 3.63) is 53.9 Å². The first-order valence-electron chi connectivity index (χ1n) is 10.1. The fraction of sp³-hybridized carbons (Fsp3) is 0.318. The Hall–Kier alpha value is -3.59. The largest absolute Gasteiger partial charge is 0.497 e. The van der Waals surface area contributed by atoms with Gasteiger partial charge in [-0.15, -0.1) is 0 Å². The molecule has 1 fully saturated rings. The van der Waals surface area contributed by atoms with Crippen molar-refractivity contribution in [2.24, 2.45) is 0 Å². The van der Waals surface area contributed by atoms with Crippen LogP contribution in [0, 0.1) is 0 Å². The van der Waals surface area contributed by atoms with Crippen LogP contribution in [0.5, 0.6) is 17.2 Å². The van der Waals surface area contributed by atoms with Crippen molar-refractivity contribution in [1.29, 1.82) is 0 Å². The van der Waals surface area contributed by atoms with Crippen molar-refractivity contribution in [3.63, 3.8) is 0 Å². The number of carbonyl (C=O) groups excluding carboxylic acids is 1. The number of fused-ring (bicyclic) bond motifs is 1. The highest BCUT2D eigenvalue weighted by Crippen LogP contribution is 2.33. The lowest BCUT2D eigenvalue weighted by atomic mass is 10.1. The van der Waals surface area contributed by atoms with Crippen LogP contribution < -0.4 is 14.2 Å². The quantitative estimate of drug-likeness (QED) is 0.619. The number of ether oxygens (including phenoxy) is 3. The lowest BCUT2D eigenvalue weighted by molar-refractivity contribution is 0.0624. The summed E-state index contributed by atoms with van der Waals surface area (Å²) in [7, 11) is 1.63. The molecule has 0 bridgehead atoms. The Morgan fingerprint density at radius 1 is 1.03 bits per heavy atom. The van der Waals surface area contributed by atoms with E-state index in [1.807, 2.05) is 29.2 Å². The number of benzene rings is 2. The van der Waals surface area contributed by atoms with Crippen molar-refractivity contribution < 1.29 is 23.5 Å². The molecule has 0 spiro atoms. The zero-order chi connectivity index (χ0) is 21.2. The molecule has 1 aromatic heterocycles. The van der Waals surface area contributed by atoms with Gasteiger partial charge in [-0.05, 0) is 42.5 Å². The van der Waals surface area contributed by atoms with Gasteiger partial charge in [0, 0.05) is 37.3 Å². The Balaban J connectivity index is 1.17. The smallest absolute Gasteiger partial charge is 0.257 e. The van der Waals surface area contributed by atoms with Crippen molar-refractivity contribution in [3.8, 4) is 28.7 Å². The van der Waals surface area contributed by atoms with Crippen molar-refractivity contribution in [1.82, 2.24) is 19.9 Å². The zero-order valence-corrected chi connectivity index (χ0v) is 17.1. The number of rotatable bonds is 5. The van der Waals surface area contributed by atoms with E-state index in [1.54, 1.807) is 25.3 Å². The number of carbonyl (C=O) groups is 1. The summed E-state index contributed by atoms with van der Waals surface area (Å²) in [6.07, 6.45) is 0. The molecule has 0 aliphatic carbocycles. The van der Waals surface area contributed by atoms with Gasteiger partial charge in [0.1, 0.15) is 5.75 Å². The van der Waals surface area contributed by atoms with Gasteiger partial charge in [0.15, 0.2) is 17.3 Å². The molecule has 3 heterocycles. The van der Waals surface area contributed by atoms with Gasteiger partial charge in [-0.3, -0.25) is 9.69 Å². The topological polar surface area (TPSA) is 90.2 Å². The van der Waals surface area contributed by atoms with E-state index in [0.717, 1.165) is 24.4 Å². The van der Waals surface area contributed by atoms with Crippen LogP contribution in [-0.4, -0.2) is 65.9 Å². The third kappa shape index (κ3) is 4.04. The van der Waals surface area contributed by atoms with Crippen LogP contribution in [0.25, 0.3) is 11.5 Å². The van der Waals surface area contributed by atoms with E-state index in [4.69, 9.17) is 18.7 Å². The monoisotopic (exact) mass is 422 g/mol. The minimum Gasteiger partial charge on any atom is -0.497 e. The SMILES string of the molecule is COc1ccc(-c2nc(CN3CCN(C(=O)c4ccc5c(c4)OCO5)CC3)no2)cc1.